The number of nitrogens with two attached hydrogens (primary N) is 1. The predicted molar refractivity (Wildman–Crippen MR) is 54.8 cm³/mol. The fourth-order valence-electron chi connectivity index (χ4n) is 1.96. The van der Waals surface area contributed by atoms with E-state index >= 15 is 0 Å². The number of hydrogen-bond acceptors (Lipinski definition) is 3. The van der Waals surface area contributed by atoms with Gasteiger partial charge in [-0.05, 0) is 36.1 Å². The zero-order valence-electron chi connectivity index (χ0n) is 8.54. The summed E-state index contributed by atoms with van der Waals surface area (Å²) in [5.41, 5.74) is 8.45. The summed E-state index contributed by atoms with van der Waals surface area (Å²) in [4.78, 5) is 0. The van der Waals surface area contributed by atoms with Crippen molar-refractivity contribution in [3.63, 3.8) is 0 Å². The van der Waals surface area contributed by atoms with Gasteiger partial charge in [-0.1, -0.05) is 0 Å². The molecule has 1 aliphatic carbocycles. The van der Waals surface area contributed by atoms with Crippen LogP contribution in [0.5, 0.6) is 11.5 Å². The summed E-state index contributed by atoms with van der Waals surface area (Å²) in [7, 11) is 3.30. The van der Waals surface area contributed by atoms with Gasteiger partial charge in [-0.15, -0.1) is 0 Å². The van der Waals surface area contributed by atoms with Gasteiger partial charge in [-0.3, -0.25) is 0 Å². The Balaban J connectivity index is 2.49. The highest BCUT2D eigenvalue weighted by Crippen LogP contribution is 2.38. The first-order valence-corrected chi connectivity index (χ1v) is 4.76. The van der Waals surface area contributed by atoms with Gasteiger partial charge in [0.2, 0.25) is 0 Å². The van der Waals surface area contributed by atoms with Crippen LogP contribution < -0.4 is 15.2 Å². The van der Waals surface area contributed by atoms with E-state index in [-0.39, 0.29) is 6.04 Å². The van der Waals surface area contributed by atoms with Crippen LogP contribution in [-0.4, -0.2) is 14.2 Å². The van der Waals surface area contributed by atoms with Crippen molar-refractivity contribution in [1.29, 1.82) is 0 Å². The second kappa shape index (κ2) is 3.50. The Morgan fingerprint density at radius 2 is 1.86 bits per heavy atom. The van der Waals surface area contributed by atoms with E-state index < -0.39 is 0 Å². The summed E-state index contributed by atoms with van der Waals surface area (Å²) in [5.74, 6) is 1.56. The highest BCUT2D eigenvalue weighted by Gasteiger charge is 2.21. The SMILES string of the molecule is COc1cc2c(cc1OC)C(N)CC2. The van der Waals surface area contributed by atoms with E-state index in [0.717, 1.165) is 24.3 Å². The molecule has 1 aromatic rings. The summed E-state index contributed by atoms with van der Waals surface area (Å²) in [5, 5.41) is 0. The second-order valence-corrected chi connectivity index (χ2v) is 3.55. The largest absolute Gasteiger partial charge is 0.493 e. The van der Waals surface area contributed by atoms with E-state index in [1.54, 1.807) is 14.2 Å². The molecule has 3 heteroatoms. The van der Waals surface area contributed by atoms with E-state index in [1.165, 1.54) is 11.1 Å². The highest BCUT2D eigenvalue weighted by atomic mass is 16.5. The first-order valence-electron chi connectivity index (χ1n) is 4.76. The van der Waals surface area contributed by atoms with Gasteiger partial charge in [0, 0.05) is 6.04 Å². The lowest BCUT2D eigenvalue weighted by atomic mass is 10.1. The molecule has 2 N–H and O–H groups in total. The maximum absolute atomic E-state index is 5.97. The topological polar surface area (TPSA) is 44.5 Å². The number of aryl methyl sites for hydroxylation is 1. The van der Waals surface area contributed by atoms with E-state index in [9.17, 15) is 0 Å². The standard InChI is InChI=1S/C11H15NO2/c1-13-10-5-7-3-4-9(12)8(7)6-11(10)14-2/h5-6,9H,3-4,12H2,1-2H3. The van der Waals surface area contributed by atoms with Crippen LogP contribution in [0, 0.1) is 0 Å². The Morgan fingerprint density at radius 1 is 1.21 bits per heavy atom. The van der Waals surface area contributed by atoms with Gasteiger partial charge in [-0.2, -0.15) is 0 Å². The van der Waals surface area contributed by atoms with Crippen molar-refractivity contribution >= 4 is 0 Å². The minimum atomic E-state index is 0.157. The van der Waals surface area contributed by atoms with Crippen LogP contribution in [0.4, 0.5) is 0 Å². The van der Waals surface area contributed by atoms with Gasteiger partial charge in [0.05, 0.1) is 14.2 Å². The summed E-state index contributed by atoms with van der Waals surface area (Å²) < 4.78 is 10.5. The van der Waals surface area contributed by atoms with Crippen LogP contribution >= 0.6 is 0 Å². The molecule has 14 heavy (non-hydrogen) atoms. The zero-order chi connectivity index (χ0) is 10.1. The smallest absolute Gasteiger partial charge is 0.161 e. The first-order chi connectivity index (χ1) is 6.76. The van der Waals surface area contributed by atoms with Crippen molar-refractivity contribution in [3.05, 3.63) is 23.3 Å². The number of rotatable bonds is 2. The van der Waals surface area contributed by atoms with Crippen molar-refractivity contribution in [3.8, 4) is 11.5 Å². The van der Waals surface area contributed by atoms with Crippen molar-refractivity contribution < 1.29 is 9.47 Å². The van der Waals surface area contributed by atoms with Crippen molar-refractivity contribution in [1.82, 2.24) is 0 Å². The fraction of sp³-hybridized carbons (Fsp3) is 0.455. The second-order valence-electron chi connectivity index (χ2n) is 3.55. The maximum atomic E-state index is 5.97. The molecule has 1 unspecified atom stereocenters. The molecule has 0 saturated carbocycles. The molecule has 0 spiro atoms. The molecular weight excluding hydrogens is 178 g/mol. The van der Waals surface area contributed by atoms with Crippen LogP contribution in [0.2, 0.25) is 0 Å². The van der Waals surface area contributed by atoms with Crippen LogP contribution in [-0.2, 0) is 6.42 Å². The monoisotopic (exact) mass is 193 g/mol. The first kappa shape index (κ1) is 9.34. The molecule has 0 heterocycles. The Kier molecular flexibility index (Phi) is 2.33. The number of fused-ring (bicyclic) bond motifs is 1. The van der Waals surface area contributed by atoms with E-state index in [4.69, 9.17) is 15.2 Å². The molecule has 3 nitrogen and oxygen atoms in total. The predicted octanol–water partition coefficient (Wildman–Crippen LogP) is 1.65. The Morgan fingerprint density at radius 3 is 2.50 bits per heavy atom. The lowest BCUT2D eigenvalue weighted by Crippen LogP contribution is -2.05. The lowest BCUT2D eigenvalue weighted by Gasteiger charge is -2.11. The molecule has 0 fully saturated rings. The van der Waals surface area contributed by atoms with E-state index in [2.05, 4.69) is 0 Å². The number of hydrogen-bond donors (Lipinski definition) is 1. The zero-order valence-corrected chi connectivity index (χ0v) is 8.54. The average Bonchev–Trinajstić information content (AvgIpc) is 2.58. The molecule has 0 aromatic heterocycles. The van der Waals surface area contributed by atoms with Crippen LogP contribution in [0.25, 0.3) is 0 Å². The van der Waals surface area contributed by atoms with E-state index in [0.29, 0.717) is 0 Å². The molecule has 0 saturated heterocycles. The molecule has 0 amide bonds. The molecule has 1 atom stereocenters. The molecule has 1 aliphatic rings. The average molecular weight is 193 g/mol. The summed E-state index contributed by atoms with van der Waals surface area (Å²) >= 11 is 0. The Bertz CT molecular complexity index is 349. The quantitative estimate of drug-likeness (QED) is 0.776. The molecule has 1 aromatic carbocycles. The molecule has 76 valence electrons. The summed E-state index contributed by atoms with van der Waals surface area (Å²) in [6, 6.07) is 4.18. The third-order valence-corrected chi connectivity index (χ3v) is 2.77. The summed E-state index contributed by atoms with van der Waals surface area (Å²) in [6.07, 6.45) is 2.06. The van der Waals surface area contributed by atoms with Crippen molar-refractivity contribution in [2.45, 2.75) is 18.9 Å². The van der Waals surface area contributed by atoms with Crippen LogP contribution in [0.15, 0.2) is 12.1 Å². The van der Waals surface area contributed by atoms with Crippen molar-refractivity contribution in [2.24, 2.45) is 5.73 Å². The van der Waals surface area contributed by atoms with Gasteiger partial charge in [-0.25, -0.2) is 0 Å². The molecule has 2 rings (SSSR count). The van der Waals surface area contributed by atoms with E-state index in [1.807, 2.05) is 12.1 Å². The number of ether oxygens (including phenoxy) is 2. The lowest BCUT2D eigenvalue weighted by molar-refractivity contribution is 0.354. The van der Waals surface area contributed by atoms with Crippen LogP contribution in [0.1, 0.15) is 23.6 Å². The van der Waals surface area contributed by atoms with Gasteiger partial charge in [0.25, 0.3) is 0 Å². The van der Waals surface area contributed by atoms with Gasteiger partial charge in [0.15, 0.2) is 11.5 Å². The Labute approximate surface area is 83.8 Å². The molecule has 0 bridgehead atoms. The third-order valence-electron chi connectivity index (χ3n) is 2.77. The molecule has 0 aliphatic heterocycles. The molecular formula is C11H15NO2. The van der Waals surface area contributed by atoms with Gasteiger partial charge >= 0.3 is 0 Å². The third kappa shape index (κ3) is 1.34. The Hall–Kier alpha value is -1.22. The maximum Gasteiger partial charge on any atom is 0.161 e. The fourth-order valence-corrected chi connectivity index (χ4v) is 1.96. The van der Waals surface area contributed by atoms with Gasteiger partial charge in [0.1, 0.15) is 0 Å². The minimum Gasteiger partial charge on any atom is -0.493 e. The van der Waals surface area contributed by atoms with Gasteiger partial charge < -0.3 is 15.2 Å². The number of benzene rings is 1. The number of methoxy groups -OCH3 is 2. The van der Waals surface area contributed by atoms with Crippen molar-refractivity contribution in [2.75, 3.05) is 14.2 Å². The van der Waals surface area contributed by atoms with Crippen LogP contribution in [0.3, 0.4) is 0 Å². The molecule has 0 radical (unpaired) electrons. The minimum absolute atomic E-state index is 0.157. The highest BCUT2D eigenvalue weighted by molar-refractivity contribution is 5.50. The normalized spacial score (nSPS) is 19.2. The summed E-state index contributed by atoms with van der Waals surface area (Å²) in [6.45, 7) is 0.